The van der Waals surface area contributed by atoms with Gasteiger partial charge in [-0.25, -0.2) is 4.98 Å². The fourth-order valence-electron chi connectivity index (χ4n) is 7.64. The van der Waals surface area contributed by atoms with Crippen LogP contribution in [0.5, 0.6) is 0 Å². The van der Waals surface area contributed by atoms with Crippen LogP contribution in [0, 0.1) is 0 Å². The van der Waals surface area contributed by atoms with E-state index in [4.69, 9.17) is 16.8 Å². The summed E-state index contributed by atoms with van der Waals surface area (Å²) in [6, 6.07) is 61.0. The molecule has 0 unspecified atom stereocenters. The highest BCUT2D eigenvalue weighted by Crippen LogP contribution is 2.44. The van der Waals surface area contributed by atoms with Gasteiger partial charge in [-0.1, -0.05) is 157 Å². The molecular formula is C45H29N2PS. The van der Waals surface area contributed by atoms with E-state index in [2.05, 4.69) is 180 Å². The van der Waals surface area contributed by atoms with E-state index in [1.165, 1.54) is 59.4 Å². The van der Waals surface area contributed by atoms with Crippen LogP contribution < -0.4 is 15.9 Å². The molecule has 0 saturated heterocycles. The van der Waals surface area contributed by atoms with Gasteiger partial charge in [0.1, 0.15) is 5.65 Å². The van der Waals surface area contributed by atoms with E-state index < -0.39 is 6.04 Å². The Bertz CT molecular complexity index is 2920. The first-order valence-electron chi connectivity index (χ1n) is 16.6. The molecule has 0 saturated carbocycles. The molecule has 10 rings (SSSR count). The van der Waals surface area contributed by atoms with Crippen LogP contribution >= 0.6 is 6.04 Å². The Morgan fingerprint density at radius 2 is 1.06 bits per heavy atom. The van der Waals surface area contributed by atoms with Gasteiger partial charge in [0.2, 0.25) is 0 Å². The summed E-state index contributed by atoms with van der Waals surface area (Å²) in [5.74, 6) is 0. The number of nitrogens with zero attached hydrogens (tertiary/aromatic N) is 2. The standard InChI is InChI=1S/C45H29N2PS/c49-48(34-16-3-1-4-17-34,35-18-5-2-6-19-35)36-23-24-39-40-26-31-13-7-8-14-32(31)27-41(40)45-46-42-25-22-33(28-44(42)47(45)43(39)29-36)38-21-11-15-30-12-9-10-20-37(30)38/h1-29H. The first-order chi connectivity index (χ1) is 24.2. The van der Waals surface area contributed by atoms with E-state index in [0.29, 0.717) is 0 Å². The molecule has 0 aliphatic heterocycles. The van der Waals surface area contributed by atoms with Crippen molar-refractivity contribution in [2.75, 3.05) is 0 Å². The third-order valence-electron chi connectivity index (χ3n) is 10.00. The van der Waals surface area contributed by atoms with Crippen molar-refractivity contribution >= 4 is 93.7 Å². The van der Waals surface area contributed by atoms with Crippen LogP contribution in [0.15, 0.2) is 176 Å². The molecule has 230 valence electrons. The molecule has 0 aliphatic carbocycles. The monoisotopic (exact) mass is 660 g/mol. The van der Waals surface area contributed by atoms with Crippen LogP contribution in [-0.2, 0) is 11.8 Å². The van der Waals surface area contributed by atoms with Gasteiger partial charge < -0.3 is 0 Å². The fraction of sp³-hybridized carbons (Fsp3) is 0. The number of fused-ring (bicyclic) bond motifs is 10. The van der Waals surface area contributed by atoms with E-state index >= 15 is 0 Å². The fourth-order valence-corrected chi connectivity index (χ4v) is 11.4. The number of rotatable bonds is 4. The van der Waals surface area contributed by atoms with Crippen LogP contribution in [-0.4, -0.2) is 9.38 Å². The molecule has 0 atom stereocenters. The molecule has 10 aromatic rings. The molecule has 0 spiro atoms. The average Bonchev–Trinajstić information content (AvgIpc) is 3.57. The maximum absolute atomic E-state index is 6.84. The molecule has 0 fully saturated rings. The Hall–Kier alpha value is -5.60. The lowest BCUT2D eigenvalue weighted by Crippen LogP contribution is -2.24. The van der Waals surface area contributed by atoms with E-state index in [9.17, 15) is 0 Å². The summed E-state index contributed by atoms with van der Waals surface area (Å²) >= 11 is 6.84. The van der Waals surface area contributed by atoms with Gasteiger partial charge in [-0.3, -0.25) is 4.40 Å². The molecule has 0 N–H and O–H groups in total. The highest BCUT2D eigenvalue weighted by molar-refractivity contribution is 8.25. The second kappa shape index (κ2) is 11.0. The normalized spacial score (nSPS) is 12.2. The van der Waals surface area contributed by atoms with Gasteiger partial charge in [-0.2, -0.15) is 0 Å². The Kier molecular flexibility index (Phi) is 6.36. The zero-order valence-electron chi connectivity index (χ0n) is 26.5. The van der Waals surface area contributed by atoms with E-state index in [1.54, 1.807) is 0 Å². The molecule has 8 aromatic carbocycles. The summed E-state index contributed by atoms with van der Waals surface area (Å²) < 4.78 is 2.38. The number of pyridine rings is 1. The van der Waals surface area contributed by atoms with Gasteiger partial charge in [0, 0.05) is 16.8 Å². The van der Waals surface area contributed by atoms with Crippen molar-refractivity contribution in [3.63, 3.8) is 0 Å². The van der Waals surface area contributed by atoms with Gasteiger partial charge in [0.25, 0.3) is 0 Å². The minimum atomic E-state index is -2.39. The molecular weight excluding hydrogens is 632 g/mol. The summed E-state index contributed by atoms with van der Waals surface area (Å²) in [5.41, 5.74) is 6.53. The van der Waals surface area contributed by atoms with Crippen molar-refractivity contribution < 1.29 is 0 Å². The molecule has 2 heterocycles. The topological polar surface area (TPSA) is 17.3 Å². The number of aromatic nitrogens is 2. The minimum absolute atomic E-state index is 0.961. The van der Waals surface area contributed by atoms with Crippen LogP contribution in [0.2, 0.25) is 0 Å². The SMILES string of the molecule is S=P(c1ccccc1)(c1ccccc1)c1ccc2c3cc4ccccc4cc3c3nc4ccc(-c5cccc6ccccc56)cc4n3c2c1. The largest absolute Gasteiger partial charge is 0.292 e. The lowest BCUT2D eigenvalue weighted by molar-refractivity contribution is 1.32. The maximum Gasteiger partial charge on any atom is 0.146 e. The molecule has 0 radical (unpaired) electrons. The summed E-state index contributed by atoms with van der Waals surface area (Å²) in [6.45, 7) is 0. The van der Waals surface area contributed by atoms with Crippen molar-refractivity contribution in [2.45, 2.75) is 0 Å². The van der Waals surface area contributed by atoms with Crippen molar-refractivity contribution in [2.24, 2.45) is 0 Å². The number of hydrogen-bond acceptors (Lipinski definition) is 2. The van der Waals surface area contributed by atoms with Crippen molar-refractivity contribution in [1.29, 1.82) is 0 Å². The zero-order valence-corrected chi connectivity index (χ0v) is 28.2. The van der Waals surface area contributed by atoms with Crippen molar-refractivity contribution in [3.8, 4) is 11.1 Å². The second-order valence-corrected chi connectivity index (χ2v) is 17.1. The first kappa shape index (κ1) is 28.4. The molecule has 4 heteroatoms. The summed E-state index contributed by atoms with van der Waals surface area (Å²) in [6.07, 6.45) is 0. The van der Waals surface area contributed by atoms with Gasteiger partial charge in [-0.15, -0.1) is 0 Å². The highest BCUT2D eigenvalue weighted by atomic mass is 32.4. The van der Waals surface area contributed by atoms with Crippen LogP contribution in [0.25, 0.3) is 71.0 Å². The number of imidazole rings is 1. The van der Waals surface area contributed by atoms with E-state index in [0.717, 1.165) is 27.6 Å². The Balaban J connectivity index is 1.34. The third-order valence-corrected chi connectivity index (χ3v) is 15.0. The Labute approximate surface area is 288 Å². The Morgan fingerprint density at radius 1 is 0.429 bits per heavy atom. The lowest BCUT2D eigenvalue weighted by atomic mass is 9.98. The van der Waals surface area contributed by atoms with Crippen LogP contribution in [0.3, 0.4) is 0 Å². The first-order valence-corrected chi connectivity index (χ1v) is 19.4. The zero-order chi connectivity index (χ0) is 32.5. The van der Waals surface area contributed by atoms with Gasteiger partial charge >= 0.3 is 0 Å². The van der Waals surface area contributed by atoms with Crippen molar-refractivity contribution in [1.82, 2.24) is 9.38 Å². The number of hydrogen-bond donors (Lipinski definition) is 0. The van der Waals surface area contributed by atoms with Crippen LogP contribution in [0.1, 0.15) is 0 Å². The minimum Gasteiger partial charge on any atom is -0.292 e. The summed E-state index contributed by atoms with van der Waals surface area (Å²) in [7, 11) is 0. The Morgan fingerprint density at radius 3 is 1.80 bits per heavy atom. The lowest BCUT2D eigenvalue weighted by Gasteiger charge is -2.25. The molecule has 49 heavy (non-hydrogen) atoms. The maximum atomic E-state index is 6.84. The predicted molar refractivity (Wildman–Crippen MR) is 214 cm³/mol. The molecule has 0 aliphatic rings. The van der Waals surface area contributed by atoms with Crippen molar-refractivity contribution in [3.05, 3.63) is 176 Å². The van der Waals surface area contributed by atoms with E-state index in [-0.39, 0.29) is 0 Å². The molecule has 0 bridgehead atoms. The summed E-state index contributed by atoms with van der Waals surface area (Å²) in [5, 5.41) is 12.0. The highest BCUT2D eigenvalue weighted by Gasteiger charge is 2.26. The van der Waals surface area contributed by atoms with Crippen LogP contribution in [0.4, 0.5) is 0 Å². The van der Waals surface area contributed by atoms with E-state index in [1.807, 2.05) is 0 Å². The average molecular weight is 661 g/mol. The second-order valence-electron chi connectivity index (χ2n) is 12.7. The number of benzene rings is 8. The predicted octanol–water partition coefficient (Wildman–Crippen LogP) is 10.5. The van der Waals surface area contributed by atoms with Gasteiger partial charge in [0.05, 0.1) is 16.6 Å². The summed E-state index contributed by atoms with van der Waals surface area (Å²) in [4.78, 5) is 5.35. The smallest absolute Gasteiger partial charge is 0.146 e. The quantitative estimate of drug-likeness (QED) is 0.106. The third kappa shape index (κ3) is 4.33. The molecule has 2 nitrogen and oxygen atoms in total. The van der Waals surface area contributed by atoms with Gasteiger partial charge in [0.15, 0.2) is 0 Å². The molecule has 2 aromatic heterocycles. The molecule has 0 amide bonds. The van der Waals surface area contributed by atoms with Gasteiger partial charge in [-0.05, 0) is 84.3 Å².